The standard InChI is InChI=1S/C18H27N3O/c1-5-21(6-2)12-7-13-22-17-10-8-16(9-11-17)18-14-20(4)15(3)19-18/h8-11,14H,5-7,12-13H2,1-4H3. The molecule has 4 heteroatoms. The maximum atomic E-state index is 5.81. The summed E-state index contributed by atoms with van der Waals surface area (Å²) in [6, 6.07) is 8.19. The summed E-state index contributed by atoms with van der Waals surface area (Å²) in [7, 11) is 2.01. The van der Waals surface area contributed by atoms with Gasteiger partial charge < -0.3 is 14.2 Å². The van der Waals surface area contributed by atoms with Crippen LogP contribution in [0.5, 0.6) is 5.75 Å². The van der Waals surface area contributed by atoms with E-state index < -0.39 is 0 Å². The Morgan fingerprint density at radius 1 is 1.14 bits per heavy atom. The average Bonchev–Trinajstić information content (AvgIpc) is 2.87. The Kier molecular flexibility index (Phi) is 6.01. The van der Waals surface area contributed by atoms with Crippen molar-refractivity contribution in [2.24, 2.45) is 7.05 Å². The number of hydrogen-bond donors (Lipinski definition) is 0. The van der Waals surface area contributed by atoms with Crippen LogP contribution >= 0.6 is 0 Å². The molecule has 1 aromatic heterocycles. The Morgan fingerprint density at radius 3 is 2.36 bits per heavy atom. The van der Waals surface area contributed by atoms with Crippen molar-refractivity contribution in [1.29, 1.82) is 0 Å². The van der Waals surface area contributed by atoms with Crippen LogP contribution in [0.4, 0.5) is 0 Å². The molecule has 0 aliphatic heterocycles. The van der Waals surface area contributed by atoms with Crippen molar-refractivity contribution in [2.45, 2.75) is 27.2 Å². The molecule has 1 aromatic carbocycles. The highest BCUT2D eigenvalue weighted by Gasteiger charge is 2.04. The van der Waals surface area contributed by atoms with Crippen LogP contribution < -0.4 is 4.74 Å². The second kappa shape index (κ2) is 7.99. The van der Waals surface area contributed by atoms with Crippen molar-refractivity contribution in [3.05, 3.63) is 36.3 Å². The third-order valence-corrected chi connectivity index (χ3v) is 4.04. The van der Waals surface area contributed by atoms with E-state index in [-0.39, 0.29) is 0 Å². The molecule has 0 radical (unpaired) electrons. The molecule has 0 saturated carbocycles. The van der Waals surface area contributed by atoms with Gasteiger partial charge in [0.15, 0.2) is 0 Å². The van der Waals surface area contributed by atoms with Crippen LogP contribution in [0.3, 0.4) is 0 Å². The van der Waals surface area contributed by atoms with Gasteiger partial charge in [0.1, 0.15) is 11.6 Å². The van der Waals surface area contributed by atoms with Crippen molar-refractivity contribution in [2.75, 3.05) is 26.2 Å². The van der Waals surface area contributed by atoms with Gasteiger partial charge in [0.05, 0.1) is 12.3 Å². The molecular formula is C18H27N3O. The first-order valence-electron chi connectivity index (χ1n) is 8.09. The van der Waals surface area contributed by atoms with Gasteiger partial charge in [-0.25, -0.2) is 4.98 Å². The molecule has 0 bridgehead atoms. The van der Waals surface area contributed by atoms with Gasteiger partial charge in [-0.3, -0.25) is 0 Å². The highest BCUT2D eigenvalue weighted by molar-refractivity contribution is 5.59. The zero-order chi connectivity index (χ0) is 15.9. The first-order valence-corrected chi connectivity index (χ1v) is 8.09. The molecule has 0 saturated heterocycles. The highest BCUT2D eigenvalue weighted by Crippen LogP contribution is 2.21. The molecule has 0 fully saturated rings. The molecule has 0 spiro atoms. The van der Waals surface area contributed by atoms with E-state index in [4.69, 9.17) is 4.74 Å². The summed E-state index contributed by atoms with van der Waals surface area (Å²) in [6.07, 6.45) is 3.11. The molecule has 0 aliphatic rings. The quantitative estimate of drug-likeness (QED) is 0.699. The van der Waals surface area contributed by atoms with E-state index in [9.17, 15) is 0 Å². The number of aromatic nitrogens is 2. The van der Waals surface area contributed by atoms with Gasteiger partial charge in [-0.05, 0) is 50.7 Å². The van der Waals surface area contributed by atoms with Gasteiger partial charge in [-0.2, -0.15) is 0 Å². The van der Waals surface area contributed by atoms with E-state index in [2.05, 4.69) is 42.1 Å². The van der Waals surface area contributed by atoms with Gasteiger partial charge in [-0.15, -0.1) is 0 Å². The Bertz CT molecular complexity index is 551. The number of rotatable bonds is 8. The summed E-state index contributed by atoms with van der Waals surface area (Å²) in [5.74, 6) is 1.95. The van der Waals surface area contributed by atoms with Crippen LogP contribution in [0.2, 0.25) is 0 Å². The van der Waals surface area contributed by atoms with Crippen molar-refractivity contribution in [1.82, 2.24) is 14.5 Å². The van der Waals surface area contributed by atoms with Crippen LogP contribution in [0, 0.1) is 6.92 Å². The normalized spacial score (nSPS) is 11.1. The minimum Gasteiger partial charge on any atom is -0.494 e. The SMILES string of the molecule is CCN(CC)CCCOc1ccc(-c2cn(C)c(C)n2)cc1. The topological polar surface area (TPSA) is 30.3 Å². The Hall–Kier alpha value is -1.81. The van der Waals surface area contributed by atoms with Gasteiger partial charge >= 0.3 is 0 Å². The molecule has 2 aromatic rings. The van der Waals surface area contributed by atoms with Crippen molar-refractivity contribution < 1.29 is 4.74 Å². The summed E-state index contributed by atoms with van der Waals surface area (Å²) in [5.41, 5.74) is 2.13. The van der Waals surface area contributed by atoms with E-state index in [0.29, 0.717) is 0 Å². The first kappa shape index (κ1) is 16.6. The smallest absolute Gasteiger partial charge is 0.119 e. The summed E-state index contributed by atoms with van der Waals surface area (Å²) < 4.78 is 7.85. The van der Waals surface area contributed by atoms with Crippen LogP contribution in [0.1, 0.15) is 26.1 Å². The second-order valence-electron chi connectivity index (χ2n) is 5.54. The fraction of sp³-hybridized carbons (Fsp3) is 0.500. The molecule has 22 heavy (non-hydrogen) atoms. The van der Waals surface area contributed by atoms with E-state index in [0.717, 1.165) is 55.5 Å². The van der Waals surface area contributed by atoms with Crippen LogP contribution in [-0.2, 0) is 7.05 Å². The molecule has 2 rings (SSSR count). The highest BCUT2D eigenvalue weighted by atomic mass is 16.5. The maximum absolute atomic E-state index is 5.81. The monoisotopic (exact) mass is 301 g/mol. The van der Waals surface area contributed by atoms with E-state index >= 15 is 0 Å². The number of imidazole rings is 1. The fourth-order valence-corrected chi connectivity index (χ4v) is 2.44. The van der Waals surface area contributed by atoms with Crippen LogP contribution in [0.15, 0.2) is 30.5 Å². The molecular weight excluding hydrogens is 274 g/mol. The third kappa shape index (κ3) is 4.34. The molecule has 0 atom stereocenters. The number of hydrogen-bond acceptors (Lipinski definition) is 3. The number of nitrogens with zero attached hydrogens (tertiary/aromatic N) is 3. The number of benzene rings is 1. The van der Waals surface area contributed by atoms with Crippen LogP contribution in [-0.4, -0.2) is 40.7 Å². The lowest BCUT2D eigenvalue weighted by atomic mass is 10.1. The van der Waals surface area contributed by atoms with Crippen molar-refractivity contribution in [3.63, 3.8) is 0 Å². The molecule has 0 unspecified atom stereocenters. The predicted molar refractivity (Wildman–Crippen MR) is 91.3 cm³/mol. The van der Waals surface area contributed by atoms with E-state index in [1.54, 1.807) is 0 Å². The van der Waals surface area contributed by atoms with Gasteiger partial charge in [0, 0.05) is 25.4 Å². The van der Waals surface area contributed by atoms with Gasteiger partial charge in [0.2, 0.25) is 0 Å². The molecule has 0 N–H and O–H groups in total. The van der Waals surface area contributed by atoms with Crippen molar-refractivity contribution in [3.8, 4) is 17.0 Å². The van der Waals surface area contributed by atoms with Crippen LogP contribution in [0.25, 0.3) is 11.3 Å². The zero-order valence-corrected chi connectivity index (χ0v) is 14.2. The maximum Gasteiger partial charge on any atom is 0.119 e. The second-order valence-corrected chi connectivity index (χ2v) is 5.54. The van der Waals surface area contributed by atoms with Crippen molar-refractivity contribution >= 4 is 0 Å². The summed E-state index contributed by atoms with van der Waals surface area (Å²) in [4.78, 5) is 6.95. The van der Waals surface area contributed by atoms with E-state index in [1.807, 2.05) is 30.7 Å². The largest absolute Gasteiger partial charge is 0.494 e. The molecule has 4 nitrogen and oxygen atoms in total. The molecule has 120 valence electrons. The lowest BCUT2D eigenvalue weighted by molar-refractivity contribution is 0.249. The first-order chi connectivity index (χ1) is 10.6. The Morgan fingerprint density at radius 2 is 1.82 bits per heavy atom. The average molecular weight is 301 g/mol. The molecule has 0 aliphatic carbocycles. The fourth-order valence-electron chi connectivity index (χ4n) is 2.44. The lowest BCUT2D eigenvalue weighted by Gasteiger charge is -2.17. The summed E-state index contributed by atoms with van der Waals surface area (Å²) in [5, 5.41) is 0. The number of aryl methyl sites for hydroxylation is 2. The van der Waals surface area contributed by atoms with E-state index in [1.165, 1.54) is 0 Å². The molecule has 0 amide bonds. The zero-order valence-electron chi connectivity index (χ0n) is 14.2. The Balaban J connectivity index is 1.84. The van der Waals surface area contributed by atoms with Gasteiger partial charge in [0.25, 0.3) is 0 Å². The van der Waals surface area contributed by atoms with Gasteiger partial charge in [-0.1, -0.05) is 13.8 Å². The number of ether oxygens (including phenoxy) is 1. The summed E-state index contributed by atoms with van der Waals surface area (Å²) in [6.45, 7) is 10.5. The molecule has 1 heterocycles. The lowest BCUT2D eigenvalue weighted by Crippen LogP contribution is -2.25. The summed E-state index contributed by atoms with van der Waals surface area (Å²) >= 11 is 0. The third-order valence-electron chi connectivity index (χ3n) is 4.04. The Labute approximate surface area is 133 Å². The minimum absolute atomic E-state index is 0.762. The minimum atomic E-state index is 0.762. The predicted octanol–water partition coefficient (Wildman–Crippen LogP) is 3.51.